The Balaban J connectivity index is 1.51. The molecule has 0 aromatic heterocycles. The highest BCUT2D eigenvalue weighted by molar-refractivity contribution is 8.00. The number of benzene rings is 4. The molecule has 220 valence electrons. The molecule has 43 heavy (non-hydrogen) atoms. The molecule has 0 saturated carbocycles. The van der Waals surface area contributed by atoms with Gasteiger partial charge in [0.15, 0.2) is 0 Å². The summed E-state index contributed by atoms with van der Waals surface area (Å²) in [4.78, 5) is 39.9. The summed E-state index contributed by atoms with van der Waals surface area (Å²) in [5.41, 5.74) is 2.97. The first-order chi connectivity index (χ1) is 20.7. The highest BCUT2D eigenvalue weighted by Gasteiger charge is 2.17. The number of nitrogens with one attached hydrogen (secondary N) is 3. The highest BCUT2D eigenvalue weighted by Crippen LogP contribution is 2.27. The van der Waals surface area contributed by atoms with Gasteiger partial charge in [0.25, 0.3) is 11.8 Å². The maximum Gasteiger partial charge on any atom is 0.272 e. The third-order valence-corrected chi connectivity index (χ3v) is 7.43. The predicted octanol–water partition coefficient (Wildman–Crippen LogP) is 6.81. The Labute approximate surface area is 259 Å². The smallest absolute Gasteiger partial charge is 0.272 e. The number of hydrogen-bond donors (Lipinski definition) is 3. The van der Waals surface area contributed by atoms with Gasteiger partial charge in [0.05, 0.1) is 20.0 Å². The summed E-state index contributed by atoms with van der Waals surface area (Å²) in [6, 6.07) is 26.1. The van der Waals surface area contributed by atoms with Gasteiger partial charge in [-0.25, -0.2) is 0 Å². The molecule has 0 spiro atoms. The van der Waals surface area contributed by atoms with Crippen LogP contribution in [0.2, 0.25) is 5.02 Å². The lowest BCUT2D eigenvalue weighted by Crippen LogP contribution is -2.30. The minimum Gasteiger partial charge on any atom is -0.497 e. The van der Waals surface area contributed by atoms with Gasteiger partial charge in [-0.1, -0.05) is 41.9 Å². The molecule has 0 fully saturated rings. The third-order valence-electron chi connectivity index (χ3n) is 6.20. The fourth-order valence-corrected chi connectivity index (χ4v) is 4.90. The molecule has 0 unspecified atom stereocenters. The van der Waals surface area contributed by atoms with E-state index in [0.717, 1.165) is 10.5 Å². The van der Waals surface area contributed by atoms with Crippen molar-refractivity contribution in [3.63, 3.8) is 0 Å². The maximum atomic E-state index is 13.5. The number of thioether (sulfide) groups is 1. The first-order valence-electron chi connectivity index (χ1n) is 13.2. The molecule has 0 atom stereocenters. The number of methoxy groups -OCH3 is 2. The van der Waals surface area contributed by atoms with E-state index >= 15 is 0 Å². The van der Waals surface area contributed by atoms with E-state index in [1.54, 1.807) is 78.9 Å². The van der Waals surface area contributed by atoms with Crippen molar-refractivity contribution in [3.05, 3.63) is 118 Å². The minimum atomic E-state index is -0.550. The van der Waals surface area contributed by atoms with E-state index in [1.165, 1.54) is 32.1 Å². The summed E-state index contributed by atoms with van der Waals surface area (Å²) >= 11 is 7.37. The van der Waals surface area contributed by atoms with Gasteiger partial charge >= 0.3 is 0 Å². The fourth-order valence-electron chi connectivity index (χ4n) is 3.98. The average molecular weight is 616 g/mol. The molecule has 3 amide bonds. The summed E-state index contributed by atoms with van der Waals surface area (Å²) in [7, 11) is 3.05. The van der Waals surface area contributed by atoms with Crippen LogP contribution in [0.4, 0.5) is 11.4 Å². The number of carbonyl (C=O) groups excluding carboxylic acids is 3. The molecule has 3 N–H and O–H groups in total. The second-order valence-electron chi connectivity index (χ2n) is 9.26. The number of halogens is 1. The fraction of sp³-hybridized carbons (Fsp3) is 0.121. The summed E-state index contributed by atoms with van der Waals surface area (Å²) in [5, 5.41) is 8.98. The molecule has 0 aliphatic heterocycles. The number of ether oxygens (including phenoxy) is 2. The predicted molar refractivity (Wildman–Crippen MR) is 172 cm³/mol. The topological polar surface area (TPSA) is 106 Å². The lowest BCUT2D eigenvalue weighted by atomic mass is 10.1. The van der Waals surface area contributed by atoms with Gasteiger partial charge in [0.1, 0.15) is 17.2 Å². The molecule has 4 aromatic carbocycles. The lowest BCUT2D eigenvalue weighted by molar-refractivity contribution is -0.114. The van der Waals surface area contributed by atoms with E-state index in [-0.39, 0.29) is 17.4 Å². The van der Waals surface area contributed by atoms with Crippen LogP contribution in [0.25, 0.3) is 6.08 Å². The van der Waals surface area contributed by atoms with Gasteiger partial charge in [0, 0.05) is 32.4 Å². The molecule has 0 aliphatic carbocycles. The first kappa shape index (κ1) is 31.2. The summed E-state index contributed by atoms with van der Waals surface area (Å²) < 4.78 is 10.8. The molecule has 0 radical (unpaired) electrons. The highest BCUT2D eigenvalue weighted by atomic mass is 35.5. The molecule has 0 heterocycles. The number of aryl methyl sites for hydroxylation is 1. The monoisotopic (exact) mass is 615 g/mol. The standard InChI is InChI=1S/C33H30ClN3O5S/c1-21-12-13-24(34)18-28(21)36-31(38)20-43-27-11-7-10-25(19-27)35-33(40)29(37-32(39)22-8-5-4-6-9-22)17-23-16-26(41-2)14-15-30(23)42-3/h4-19H,20H2,1-3H3,(H,35,40)(H,36,38)(H,37,39)/b29-17+. The van der Waals surface area contributed by atoms with E-state index in [2.05, 4.69) is 16.0 Å². The molecule has 0 aliphatic rings. The van der Waals surface area contributed by atoms with E-state index in [0.29, 0.717) is 39.0 Å². The SMILES string of the molecule is COc1ccc(OC)c(/C=C(/NC(=O)c2ccccc2)C(=O)Nc2cccc(SCC(=O)Nc3cc(Cl)ccc3C)c2)c1. The number of carbonyl (C=O) groups is 3. The van der Waals surface area contributed by atoms with Crippen molar-refractivity contribution in [2.45, 2.75) is 11.8 Å². The normalized spacial score (nSPS) is 10.9. The molecule has 4 aromatic rings. The molecule has 10 heteroatoms. The van der Waals surface area contributed by atoms with Crippen LogP contribution in [-0.2, 0) is 9.59 Å². The summed E-state index contributed by atoms with van der Waals surface area (Å²) in [6.07, 6.45) is 1.53. The van der Waals surface area contributed by atoms with Crippen LogP contribution in [0, 0.1) is 6.92 Å². The zero-order valence-electron chi connectivity index (χ0n) is 23.8. The van der Waals surface area contributed by atoms with Crippen LogP contribution in [-0.4, -0.2) is 37.7 Å². The number of anilines is 2. The van der Waals surface area contributed by atoms with Crippen LogP contribution in [0.1, 0.15) is 21.5 Å². The van der Waals surface area contributed by atoms with Crippen LogP contribution >= 0.6 is 23.4 Å². The zero-order valence-corrected chi connectivity index (χ0v) is 25.3. The van der Waals surface area contributed by atoms with Gasteiger partial charge in [0.2, 0.25) is 5.91 Å². The van der Waals surface area contributed by atoms with Crippen molar-refractivity contribution in [2.24, 2.45) is 0 Å². The summed E-state index contributed by atoms with van der Waals surface area (Å²) in [5.74, 6) is 0.00717. The lowest BCUT2D eigenvalue weighted by Gasteiger charge is -2.14. The van der Waals surface area contributed by atoms with Crippen LogP contribution in [0.3, 0.4) is 0 Å². The second kappa shape index (κ2) is 14.9. The largest absolute Gasteiger partial charge is 0.497 e. The van der Waals surface area contributed by atoms with Gasteiger partial charge in [-0.05, 0) is 79.2 Å². The molecule has 0 bridgehead atoms. The Morgan fingerprint density at radius 1 is 0.860 bits per heavy atom. The molecule has 0 saturated heterocycles. The number of amides is 3. The van der Waals surface area contributed by atoms with Crippen LogP contribution in [0.5, 0.6) is 11.5 Å². The molecular weight excluding hydrogens is 586 g/mol. The third kappa shape index (κ3) is 8.88. The second-order valence-corrected chi connectivity index (χ2v) is 10.7. The van der Waals surface area contributed by atoms with E-state index in [9.17, 15) is 14.4 Å². The Morgan fingerprint density at radius 3 is 2.40 bits per heavy atom. The zero-order chi connectivity index (χ0) is 30.8. The van der Waals surface area contributed by atoms with Gasteiger partial charge < -0.3 is 25.4 Å². The molecular formula is C33H30ClN3O5S. The van der Waals surface area contributed by atoms with Crippen molar-refractivity contribution < 1.29 is 23.9 Å². The van der Waals surface area contributed by atoms with Gasteiger partial charge in [-0.3, -0.25) is 14.4 Å². The van der Waals surface area contributed by atoms with Crippen LogP contribution in [0.15, 0.2) is 102 Å². The first-order valence-corrected chi connectivity index (χ1v) is 14.5. The van der Waals surface area contributed by atoms with Gasteiger partial charge in [-0.15, -0.1) is 11.8 Å². The number of hydrogen-bond acceptors (Lipinski definition) is 6. The van der Waals surface area contributed by atoms with E-state index in [1.807, 2.05) is 19.1 Å². The number of rotatable bonds is 11. The van der Waals surface area contributed by atoms with Crippen molar-refractivity contribution in [1.82, 2.24) is 5.32 Å². The Hall–Kier alpha value is -4.73. The van der Waals surface area contributed by atoms with Crippen molar-refractivity contribution in [3.8, 4) is 11.5 Å². The van der Waals surface area contributed by atoms with E-state index in [4.69, 9.17) is 21.1 Å². The van der Waals surface area contributed by atoms with Gasteiger partial charge in [-0.2, -0.15) is 0 Å². The van der Waals surface area contributed by atoms with E-state index < -0.39 is 11.8 Å². The summed E-state index contributed by atoms with van der Waals surface area (Å²) in [6.45, 7) is 1.89. The molecule has 8 nitrogen and oxygen atoms in total. The van der Waals surface area contributed by atoms with Crippen LogP contribution < -0.4 is 25.4 Å². The Bertz CT molecular complexity index is 1660. The van der Waals surface area contributed by atoms with Crippen molar-refractivity contribution in [2.75, 3.05) is 30.6 Å². The minimum absolute atomic E-state index is 0.00488. The Kier molecular flexibility index (Phi) is 10.9. The quantitative estimate of drug-likeness (QED) is 0.126. The molecule has 4 rings (SSSR count). The Morgan fingerprint density at radius 2 is 1.65 bits per heavy atom. The maximum absolute atomic E-state index is 13.5. The average Bonchev–Trinajstić information content (AvgIpc) is 3.02. The van der Waals surface area contributed by atoms with Crippen molar-refractivity contribution >= 4 is 58.5 Å². The van der Waals surface area contributed by atoms with Crippen molar-refractivity contribution in [1.29, 1.82) is 0 Å².